The number of carbonyl (C=O) groups excluding carboxylic acids is 1. The molecule has 148 valence electrons. The predicted molar refractivity (Wildman–Crippen MR) is 122 cm³/mol. The lowest BCUT2D eigenvalue weighted by Crippen LogP contribution is -2.21. The van der Waals surface area contributed by atoms with Crippen LogP contribution in [0.3, 0.4) is 0 Å². The Morgan fingerprint density at radius 3 is 2.77 bits per heavy atom. The topological polar surface area (TPSA) is 59.8 Å². The molecule has 0 aliphatic carbocycles. The van der Waals surface area contributed by atoms with Crippen LogP contribution in [0.4, 0.5) is 0 Å². The number of thiazole rings is 1. The van der Waals surface area contributed by atoms with Gasteiger partial charge in [-0.15, -0.1) is 22.7 Å². The standard InChI is InChI=1S/C23H18N4OS2/c28-22(25-13-16-4-3-5-17(12-16)14-27-11-10-24-15-27)20-8-9-21(29-20)23-26-18-6-1-2-7-19(18)30-23/h1-12,15H,13-14H2,(H,25,28). The molecular weight excluding hydrogens is 412 g/mol. The van der Waals surface area contributed by atoms with Crippen molar-refractivity contribution in [1.29, 1.82) is 0 Å². The van der Waals surface area contributed by atoms with Crippen molar-refractivity contribution in [2.24, 2.45) is 0 Å². The molecule has 1 N–H and O–H groups in total. The molecule has 0 atom stereocenters. The van der Waals surface area contributed by atoms with Gasteiger partial charge in [0.05, 0.1) is 26.3 Å². The van der Waals surface area contributed by atoms with E-state index in [9.17, 15) is 4.79 Å². The largest absolute Gasteiger partial charge is 0.347 e. The van der Waals surface area contributed by atoms with Crippen LogP contribution < -0.4 is 5.32 Å². The molecule has 0 aliphatic rings. The second-order valence-corrected chi connectivity index (χ2v) is 9.00. The highest BCUT2D eigenvalue weighted by molar-refractivity contribution is 7.26. The minimum atomic E-state index is -0.0626. The Morgan fingerprint density at radius 2 is 1.90 bits per heavy atom. The van der Waals surface area contributed by atoms with Crippen LogP contribution in [0.25, 0.3) is 20.1 Å². The van der Waals surface area contributed by atoms with Crippen molar-refractivity contribution in [3.8, 4) is 9.88 Å². The number of nitrogens with one attached hydrogen (secondary N) is 1. The lowest BCUT2D eigenvalue weighted by Gasteiger charge is -2.07. The second kappa shape index (κ2) is 8.22. The highest BCUT2D eigenvalue weighted by atomic mass is 32.1. The van der Waals surface area contributed by atoms with Gasteiger partial charge in [0.15, 0.2) is 0 Å². The average Bonchev–Trinajstić information content (AvgIpc) is 3.52. The molecule has 1 amide bonds. The van der Waals surface area contributed by atoms with Crippen molar-refractivity contribution in [3.63, 3.8) is 0 Å². The van der Waals surface area contributed by atoms with E-state index < -0.39 is 0 Å². The first-order chi connectivity index (χ1) is 14.7. The lowest BCUT2D eigenvalue weighted by molar-refractivity contribution is 0.0955. The van der Waals surface area contributed by atoms with Gasteiger partial charge in [-0.05, 0) is 35.4 Å². The number of hydrogen-bond donors (Lipinski definition) is 1. The Kier molecular flexibility index (Phi) is 5.13. The molecule has 2 aromatic carbocycles. The van der Waals surface area contributed by atoms with E-state index in [2.05, 4.69) is 33.5 Å². The van der Waals surface area contributed by atoms with E-state index in [0.717, 1.165) is 32.2 Å². The van der Waals surface area contributed by atoms with E-state index in [-0.39, 0.29) is 5.91 Å². The van der Waals surface area contributed by atoms with Gasteiger partial charge in [0.1, 0.15) is 5.01 Å². The fourth-order valence-electron chi connectivity index (χ4n) is 3.25. The summed E-state index contributed by atoms with van der Waals surface area (Å²) in [5.41, 5.74) is 3.24. The third-order valence-corrected chi connectivity index (χ3v) is 6.99. The van der Waals surface area contributed by atoms with Crippen molar-refractivity contribution in [1.82, 2.24) is 19.9 Å². The van der Waals surface area contributed by atoms with Gasteiger partial charge < -0.3 is 9.88 Å². The summed E-state index contributed by atoms with van der Waals surface area (Å²) in [5.74, 6) is -0.0626. The number of thiophene rings is 1. The molecule has 5 aromatic rings. The molecule has 3 aromatic heterocycles. The van der Waals surface area contributed by atoms with Gasteiger partial charge in [0.2, 0.25) is 0 Å². The Balaban J connectivity index is 1.25. The van der Waals surface area contributed by atoms with Gasteiger partial charge in [-0.1, -0.05) is 36.4 Å². The van der Waals surface area contributed by atoms with Crippen molar-refractivity contribution in [2.45, 2.75) is 13.1 Å². The van der Waals surface area contributed by atoms with Crippen LogP contribution in [0.1, 0.15) is 20.8 Å². The number of hydrogen-bond acceptors (Lipinski definition) is 5. The first-order valence-corrected chi connectivity index (χ1v) is 11.2. The van der Waals surface area contributed by atoms with Gasteiger partial charge >= 0.3 is 0 Å². The second-order valence-electron chi connectivity index (χ2n) is 6.89. The number of rotatable bonds is 6. The van der Waals surface area contributed by atoms with Crippen LogP contribution in [-0.2, 0) is 13.1 Å². The fourth-order valence-corrected chi connectivity index (χ4v) is 5.19. The number of carbonyl (C=O) groups is 1. The summed E-state index contributed by atoms with van der Waals surface area (Å²) in [4.78, 5) is 23.1. The predicted octanol–water partition coefficient (Wildman–Crippen LogP) is 5.20. The summed E-state index contributed by atoms with van der Waals surface area (Å²) in [6, 6.07) is 20.2. The zero-order chi connectivity index (χ0) is 20.3. The fraction of sp³-hybridized carbons (Fsp3) is 0.0870. The van der Waals surface area contributed by atoms with E-state index in [4.69, 9.17) is 0 Å². The summed E-state index contributed by atoms with van der Waals surface area (Å²) < 4.78 is 3.18. The van der Waals surface area contributed by atoms with Crippen molar-refractivity contribution >= 4 is 38.8 Å². The zero-order valence-electron chi connectivity index (χ0n) is 16.0. The van der Waals surface area contributed by atoms with Crippen LogP contribution >= 0.6 is 22.7 Å². The van der Waals surface area contributed by atoms with Gasteiger partial charge in [0, 0.05) is 25.5 Å². The third kappa shape index (κ3) is 4.03. The van der Waals surface area contributed by atoms with Crippen LogP contribution in [0.15, 0.2) is 79.4 Å². The average molecular weight is 431 g/mol. The van der Waals surface area contributed by atoms with Crippen LogP contribution in [0.2, 0.25) is 0 Å². The number of nitrogens with zero attached hydrogens (tertiary/aromatic N) is 3. The van der Waals surface area contributed by atoms with Gasteiger partial charge in [-0.25, -0.2) is 9.97 Å². The van der Waals surface area contributed by atoms with E-state index in [1.807, 2.05) is 53.2 Å². The highest BCUT2D eigenvalue weighted by Gasteiger charge is 2.13. The van der Waals surface area contributed by atoms with Crippen molar-refractivity contribution in [2.75, 3.05) is 0 Å². The number of para-hydroxylation sites is 1. The smallest absolute Gasteiger partial charge is 0.261 e. The summed E-state index contributed by atoms with van der Waals surface area (Å²) in [6.45, 7) is 1.25. The highest BCUT2D eigenvalue weighted by Crippen LogP contribution is 2.34. The normalized spacial score (nSPS) is 11.1. The molecule has 0 fully saturated rings. The molecule has 0 aliphatic heterocycles. The Bertz CT molecular complexity index is 1270. The molecule has 5 rings (SSSR count). The van der Waals surface area contributed by atoms with Gasteiger partial charge in [0.25, 0.3) is 5.91 Å². The molecule has 0 spiro atoms. The molecule has 0 bridgehead atoms. The molecule has 0 saturated carbocycles. The SMILES string of the molecule is O=C(NCc1cccc(Cn2ccnc2)c1)c1ccc(-c2nc3ccccc3s2)s1. The zero-order valence-corrected chi connectivity index (χ0v) is 17.6. The van der Waals surface area contributed by atoms with Crippen molar-refractivity contribution < 1.29 is 4.79 Å². The Hall–Kier alpha value is -3.29. The van der Waals surface area contributed by atoms with Crippen LogP contribution in [0.5, 0.6) is 0 Å². The minimum Gasteiger partial charge on any atom is -0.347 e. The van der Waals surface area contributed by atoms with Gasteiger partial charge in [-0.2, -0.15) is 0 Å². The third-order valence-electron chi connectivity index (χ3n) is 4.70. The Labute approximate surface area is 181 Å². The number of aromatic nitrogens is 3. The Morgan fingerprint density at radius 1 is 1.00 bits per heavy atom. The summed E-state index contributed by atoms with van der Waals surface area (Å²) in [6.07, 6.45) is 5.51. The molecule has 3 heterocycles. The molecule has 5 nitrogen and oxygen atoms in total. The summed E-state index contributed by atoms with van der Waals surface area (Å²) >= 11 is 3.13. The minimum absolute atomic E-state index is 0.0626. The van der Waals surface area contributed by atoms with Crippen LogP contribution in [0, 0.1) is 0 Å². The van der Waals surface area contributed by atoms with E-state index >= 15 is 0 Å². The van der Waals surface area contributed by atoms with Crippen molar-refractivity contribution in [3.05, 3.63) is 95.4 Å². The molecule has 0 saturated heterocycles. The van der Waals surface area contributed by atoms with E-state index in [1.165, 1.54) is 16.9 Å². The molecule has 0 radical (unpaired) electrons. The molecule has 0 unspecified atom stereocenters. The summed E-state index contributed by atoms with van der Waals surface area (Å²) in [7, 11) is 0. The maximum Gasteiger partial charge on any atom is 0.261 e. The quantitative estimate of drug-likeness (QED) is 0.403. The maximum absolute atomic E-state index is 12.6. The maximum atomic E-state index is 12.6. The number of fused-ring (bicyclic) bond motifs is 1. The van der Waals surface area contributed by atoms with E-state index in [0.29, 0.717) is 11.4 Å². The van der Waals surface area contributed by atoms with E-state index in [1.54, 1.807) is 23.9 Å². The monoisotopic (exact) mass is 430 g/mol. The molecule has 7 heteroatoms. The molecule has 30 heavy (non-hydrogen) atoms. The summed E-state index contributed by atoms with van der Waals surface area (Å²) in [5, 5.41) is 3.98. The number of imidazole rings is 1. The van der Waals surface area contributed by atoms with Gasteiger partial charge in [-0.3, -0.25) is 4.79 Å². The first-order valence-electron chi connectivity index (χ1n) is 9.52. The first kappa shape index (κ1) is 18.7. The number of amides is 1. The number of benzene rings is 2. The van der Waals surface area contributed by atoms with Crippen LogP contribution in [-0.4, -0.2) is 20.4 Å². The molecular formula is C23H18N4OS2. The lowest BCUT2D eigenvalue weighted by atomic mass is 10.1.